The first-order valence-electron chi connectivity index (χ1n) is 1.46. The Hall–Kier alpha value is 0.257. The second-order valence-electron chi connectivity index (χ2n) is 0.838. The normalized spacial score (nSPS) is 9.40. The summed E-state index contributed by atoms with van der Waals surface area (Å²) in [7, 11) is -7.73. The van der Waals surface area contributed by atoms with Gasteiger partial charge in [0, 0.05) is 0 Å². The van der Waals surface area contributed by atoms with Crippen LogP contribution in [0.3, 0.4) is 0 Å². The molecule has 0 atom stereocenters. The van der Waals surface area contributed by atoms with Crippen LogP contribution in [-0.2, 0) is 11.0 Å². The topological polar surface area (TPSA) is 135 Å². The fraction of sp³-hybridized carbons (Fsp3) is 0. The predicted octanol–water partition coefficient (Wildman–Crippen LogP) is -3.12. The van der Waals surface area contributed by atoms with E-state index < -0.39 is 20.0 Å². The van der Waals surface area contributed by atoms with Crippen LogP contribution < -0.4 is 0 Å². The van der Waals surface area contributed by atoms with Crippen molar-refractivity contribution in [1.29, 1.82) is 0 Å². The smallest absolute Gasteiger partial charge is 0.368 e. The maximum Gasteiger partial charge on any atom is 0.668 e. The third-order valence-corrected chi connectivity index (χ3v) is 0. The molecule has 5 N–H and O–H groups in total. The van der Waals surface area contributed by atoms with Crippen molar-refractivity contribution in [2.75, 3.05) is 0 Å². The Morgan fingerprint density at radius 2 is 1.00 bits per heavy atom. The molecule has 10 heteroatoms. The Morgan fingerprint density at radius 3 is 1.00 bits per heavy atom. The summed E-state index contributed by atoms with van der Waals surface area (Å²) >= 11 is 0. The van der Waals surface area contributed by atoms with Crippen LogP contribution in [0.2, 0.25) is 0 Å². The Labute approximate surface area is 65.2 Å². The lowest BCUT2D eigenvalue weighted by molar-refractivity contribution is 0.117. The van der Waals surface area contributed by atoms with Crippen LogP contribution in [0, 0.1) is 0 Å². The summed E-state index contributed by atoms with van der Waals surface area (Å²) in [5.41, 5.74) is 0. The minimum absolute atomic E-state index is 0. The zero-order chi connectivity index (χ0) is 8.08. The number of thiol groups is 1. The van der Waals surface area contributed by atoms with Gasteiger partial charge in [-0.2, -0.15) is 0 Å². The molecule has 0 aromatic rings. The first kappa shape index (κ1) is 16.7. The van der Waals surface area contributed by atoms with Crippen LogP contribution in [0.15, 0.2) is 0 Å². The van der Waals surface area contributed by atoms with Gasteiger partial charge in [0.1, 0.15) is 0 Å². The zero-order valence-electron chi connectivity index (χ0n) is 4.41. The first-order chi connectivity index (χ1) is 3.73. The highest BCUT2D eigenvalue weighted by Crippen LogP contribution is 1.67. The molecule has 0 bridgehead atoms. The molecule has 0 fully saturated rings. The highest BCUT2D eigenvalue weighted by Gasteiger charge is 2.22. The molecule has 0 spiro atoms. The molecular formula is H7ClO7SSi. The molecule has 0 amide bonds. The number of hydrogen-bond donors (Lipinski definition) is 6. The van der Waals surface area contributed by atoms with Gasteiger partial charge in [-0.1, -0.05) is 0 Å². The molecule has 0 aliphatic carbocycles. The van der Waals surface area contributed by atoms with Gasteiger partial charge in [0.05, 0.1) is 0 Å². The molecule has 0 saturated heterocycles. The Kier molecular flexibility index (Phi) is 12.3. The van der Waals surface area contributed by atoms with E-state index in [0.717, 1.165) is 0 Å². The fourth-order valence-corrected chi connectivity index (χ4v) is 0. The summed E-state index contributed by atoms with van der Waals surface area (Å²) in [6, 6.07) is 0. The number of rotatable bonds is 0. The second-order valence-corrected chi connectivity index (χ2v) is 2.51. The van der Waals surface area contributed by atoms with Crippen molar-refractivity contribution in [2.24, 2.45) is 0 Å². The van der Waals surface area contributed by atoms with E-state index in [1.54, 1.807) is 0 Å². The van der Waals surface area contributed by atoms with E-state index in [9.17, 15) is 0 Å². The van der Waals surface area contributed by atoms with Crippen LogP contribution in [-0.4, -0.2) is 41.2 Å². The Bertz CT molecular complexity index is 108. The summed E-state index contributed by atoms with van der Waals surface area (Å²) in [5.74, 6) is 0. The predicted molar refractivity (Wildman–Crippen MR) is 34.8 cm³/mol. The third kappa shape index (κ3) is 6590. The van der Waals surface area contributed by atoms with Crippen LogP contribution in [0.25, 0.3) is 0 Å². The van der Waals surface area contributed by atoms with Gasteiger partial charge in [-0.25, -0.2) is 8.42 Å². The monoisotopic (exact) mass is 214 g/mol. The van der Waals surface area contributed by atoms with Crippen molar-refractivity contribution in [1.82, 2.24) is 0 Å². The van der Waals surface area contributed by atoms with Gasteiger partial charge in [0.2, 0.25) is 0 Å². The average Bonchev–Trinajstić information content (AvgIpc) is 1.19. The lowest BCUT2D eigenvalue weighted by atomic mass is 15.7. The highest BCUT2D eigenvalue weighted by atomic mass is 35.5. The lowest BCUT2D eigenvalue weighted by Gasteiger charge is -1.91. The quantitative estimate of drug-likeness (QED) is 0.143. The standard InChI is InChI=1S/ClH.H4O4Si.H2O3S/c;1-5(2,3)4;1-4(2)3/h1H;1-4H;4H,(H,1,2,3). The minimum atomic E-state index is -4.61. The van der Waals surface area contributed by atoms with Gasteiger partial charge in [0.15, 0.2) is 0 Å². The third-order valence-electron chi connectivity index (χ3n) is 0. The average molecular weight is 215 g/mol. The van der Waals surface area contributed by atoms with Gasteiger partial charge >= 0.3 is 9.05 Å². The van der Waals surface area contributed by atoms with Crippen molar-refractivity contribution in [3.8, 4) is 0 Å². The van der Waals surface area contributed by atoms with Gasteiger partial charge in [-0.15, -0.1) is 12.4 Å². The molecule has 0 aromatic heterocycles. The van der Waals surface area contributed by atoms with Gasteiger partial charge < -0.3 is 19.2 Å². The summed E-state index contributed by atoms with van der Waals surface area (Å²) in [4.78, 5) is 29.3. The van der Waals surface area contributed by atoms with Crippen molar-refractivity contribution in [2.45, 2.75) is 0 Å². The van der Waals surface area contributed by atoms with Crippen LogP contribution in [0.4, 0.5) is 0 Å². The SMILES string of the molecule is Cl.O=[SH](=O)O.O[Si](O)(O)O. The van der Waals surface area contributed by atoms with E-state index in [4.69, 9.17) is 32.2 Å². The fourth-order valence-electron chi connectivity index (χ4n) is 0. The van der Waals surface area contributed by atoms with Gasteiger partial charge in [-0.3, -0.25) is 4.55 Å². The van der Waals surface area contributed by atoms with Gasteiger partial charge in [-0.05, 0) is 0 Å². The molecule has 0 rings (SSSR count). The molecule has 0 aliphatic rings. The van der Waals surface area contributed by atoms with E-state index in [1.165, 1.54) is 0 Å². The van der Waals surface area contributed by atoms with Crippen LogP contribution in [0.1, 0.15) is 0 Å². The molecule has 0 radical (unpaired) electrons. The molecule has 10 heavy (non-hydrogen) atoms. The van der Waals surface area contributed by atoms with Crippen LogP contribution in [0.5, 0.6) is 0 Å². The van der Waals surface area contributed by atoms with E-state index in [-0.39, 0.29) is 12.4 Å². The maximum atomic E-state index is 8.59. The van der Waals surface area contributed by atoms with E-state index in [0.29, 0.717) is 0 Å². The van der Waals surface area contributed by atoms with Crippen LogP contribution >= 0.6 is 12.4 Å². The number of halogens is 1. The maximum absolute atomic E-state index is 8.59. The molecule has 7 nitrogen and oxygen atoms in total. The van der Waals surface area contributed by atoms with E-state index in [2.05, 4.69) is 0 Å². The first-order valence-corrected chi connectivity index (χ1v) is 4.38. The highest BCUT2D eigenvalue weighted by molar-refractivity contribution is 7.66. The van der Waals surface area contributed by atoms with Gasteiger partial charge in [0.25, 0.3) is 11.0 Å². The zero-order valence-corrected chi connectivity index (χ0v) is 7.12. The molecule has 0 unspecified atom stereocenters. The van der Waals surface area contributed by atoms with Crippen molar-refractivity contribution in [3.05, 3.63) is 0 Å². The molecule has 0 aliphatic heterocycles. The summed E-state index contributed by atoms with van der Waals surface area (Å²) in [6.45, 7) is 0. The van der Waals surface area contributed by atoms with Crippen molar-refractivity contribution < 1.29 is 32.2 Å². The van der Waals surface area contributed by atoms with Crippen molar-refractivity contribution >= 4 is 32.4 Å². The second kappa shape index (κ2) is 7.36. The molecule has 66 valence electrons. The minimum Gasteiger partial charge on any atom is -0.368 e. The summed E-state index contributed by atoms with van der Waals surface area (Å²) < 4.78 is 24.2. The molecule has 0 heterocycles. The Morgan fingerprint density at radius 1 is 1.00 bits per heavy atom. The summed E-state index contributed by atoms with van der Waals surface area (Å²) in [5, 5.41) is 0. The Balaban J connectivity index is -0.0000000910. The van der Waals surface area contributed by atoms with E-state index in [1.807, 2.05) is 0 Å². The molecule has 0 aromatic carbocycles. The lowest BCUT2D eigenvalue weighted by Crippen LogP contribution is -2.33. The number of hydrogen-bond acceptors (Lipinski definition) is 6. The largest absolute Gasteiger partial charge is 0.668 e. The summed E-state index contributed by atoms with van der Waals surface area (Å²) in [6.07, 6.45) is 0. The molecule has 0 saturated carbocycles. The van der Waals surface area contributed by atoms with Crippen molar-refractivity contribution in [3.63, 3.8) is 0 Å². The van der Waals surface area contributed by atoms with E-state index >= 15 is 0 Å². The molecular weight excluding hydrogens is 208 g/mol.